The van der Waals surface area contributed by atoms with Crippen LogP contribution < -0.4 is 14.4 Å². The maximum atomic E-state index is 12.4. The summed E-state index contributed by atoms with van der Waals surface area (Å²) in [6.45, 7) is -0.0660. The number of halogens is 2. The first-order chi connectivity index (χ1) is 13.5. The highest BCUT2D eigenvalue weighted by atomic mass is 19.3. The number of hydrogen-bond donors (Lipinski definition) is 0. The molecule has 0 aromatic heterocycles. The van der Waals surface area contributed by atoms with Gasteiger partial charge in [0.25, 0.3) is 0 Å². The summed E-state index contributed by atoms with van der Waals surface area (Å²) in [4.78, 5) is 16.4. The van der Waals surface area contributed by atoms with E-state index in [2.05, 4.69) is 9.64 Å². The lowest BCUT2D eigenvalue weighted by atomic mass is 10.2. The maximum Gasteiger partial charge on any atom is 0.387 e. The van der Waals surface area contributed by atoms with Crippen molar-refractivity contribution >= 4 is 17.7 Å². The summed E-state index contributed by atoms with van der Waals surface area (Å²) in [5.74, 6) is 0.840. The number of rotatable bonds is 6. The van der Waals surface area contributed by atoms with E-state index in [-0.39, 0.29) is 11.7 Å². The number of alkyl halides is 2. The molecule has 1 fully saturated rings. The van der Waals surface area contributed by atoms with E-state index in [4.69, 9.17) is 4.74 Å². The number of benzene rings is 2. The smallest absolute Gasteiger partial charge is 0.387 e. The summed E-state index contributed by atoms with van der Waals surface area (Å²) in [6.07, 6.45) is 3.18. The Labute approximate surface area is 162 Å². The minimum Gasteiger partial charge on any atom is -0.497 e. The van der Waals surface area contributed by atoms with E-state index < -0.39 is 6.61 Å². The van der Waals surface area contributed by atoms with Gasteiger partial charge in [0.1, 0.15) is 11.5 Å². The van der Waals surface area contributed by atoms with Crippen molar-refractivity contribution in [2.24, 2.45) is 0 Å². The number of methoxy groups -OCH3 is 1. The largest absolute Gasteiger partial charge is 0.497 e. The molecule has 1 amide bonds. The Bertz CT molecular complexity index is 799. The normalized spacial score (nSPS) is 14.6. The molecule has 0 aliphatic carbocycles. The number of ether oxygens (including phenoxy) is 2. The average molecular weight is 388 g/mol. The Morgan fingerprint density at radius 3 is 2.14 bits per heavy atom. The predicted molar refractivity (Wildman–Crippen MR) is 104 cm³/mol. The predicted octanol–water partition coefficient (Wildman–Crippen LogP) is 3.66. The molecule has 0 radical (unpaired) electrons. The number of anilines is 1. The number of hydrogen-bond acceptors (Lipinski definition) is 4. The minimum atomic E-state index is -2.85. The molecule has 3 rings (SSSR count). The van der Waals surface area contributed by atoms with Gasteiger partial charge in [0, 0.05) is 37.9 Å². The zero-order chi connectivity index (χ0) is 19.9. The summed E-state index contributed by atoms with van der Waals surface area (Å²) in [7, 11) is 1.64. The highest BCUT2D eigenvalue weighted by Gasteiger charge is 2.19. The van der Waals surface area contributed by atoms with Crippen LogP contribution in [0.2, 0.25) is 0 Å². The van der Waals surface area contributed by atoms with E-state index in [0.29, 0.717) is 13.1 Å². The second-order valence-corrected chi connectivity index (χ2v) is 6.29. The van der Waals surface area contributed by atoms with Gasteiger partial charge in [-0.15, -0.1) is 0 Å². The van der Waals surface area contributed by atoms with E-state index in [1.165, 1.54) is 18.2 Å². The first kappa shape index (κ1) is 19.7. The Morgan fingerprint density at radius 1 is 0.964 bits per heavy atom. The van der Waals surface area contributed by atoms with Crippen LogP contribution in [0.25, 0.3) is 6.08 Å². The second kappa shape index (κ2) is 9.21. The average Bonchev–Trinajstić information content (AvgIpc) is 2.73. The Kier molecular flexibility index (Phi) is 6.47. The van der Waals surface area contributed by atoms with Crippen LogP contribution in [0.1, 0.15) is 5.56 Å². The quantitative estimate of drug-likeness (QED) is 0.709. The van der Waals surface area contributed by atoms with E-state index in [9.17, 15) is 13.6 Å². The topological polar surface area (TPSA) is 42.0 Å². The number of carbonyl (C=O) groups is 1. The van der Waals surface area contributed by atoms with Gasteiger partial charge in [-0.3, -0.25) is 4.79 Å². The fraction of sp³-hybridized carbons (Fsp3) is 0.286. The number of amides is 1. The van der Waals surface area contributed by atoms with Gasteiger partial charge in [-0.25, -0.2) is 0 Å². The molecule has 5 nitrogen and oxygen atoms in total. The molecule has 0 bridgehead atoms. The van der Waals surface area contributed by atoms with Crippen molar-refractivity contribution in [1.29, 1.82) is 0 Å². The summed E-state index contributed by atoms with van der Waals surface area (Å²) in [6, 6.07) is 14.0. The zero-order valence-electron chi connectivity index (χ0n) is 15.6. The van der Waals surface area contributed by atoms with Gasteiger partial charge in [0.05, 0.1) is 7.11 Å². The molecule has 2 aromatic carbocycles. The zero-order valence-corrected chi connectivity index (χ0v) is 15.6. The van der Waals surface area contributed by atoms with Crippen molar-refractivity contribution in [1.82, 2.24) is 4.90 Å². The molecule has 1 aliphatic heterocycles. The Morgan fingerprint density at radius 2 is 1.57 bits per heavy atom. The van der Waals surface area contributed by atoms with Crippen LogP contribution in [0.3, 0.4) is 0 Å². The summed E-state index contributed by atoms with van der Waals surface area (Å²) < 4.78 is 33.8. The van der Waals surface area contributed by atoms with Crippen molar-refractivity contribution < 1.29 is 23.0 Å². The van der Waals surface area contributed by atoms with Crippen LogP contribution >= 0.6 is 0 Å². The highest BCUT2D eigenvalue weighted by molar-refractivity contribution is 5.92. The fourth-order valence-electron chi connectivity index (χ4n) is 3.01. The molecule has 0 N–H and O–H groups in total. The molecular formula is C21H22F2N2O3. The molecule has 0 atom stereocenters. The first-order valence-electron chi connectivity index (χ1n) is 8.96. The molecule has 0 unspecified atom stereocenters. The third-order valence-electron chi connectivity index (χ3n) is 4.55. The third kappa shape index (κ3) is 5.22. The van der Waals surface area contributed by atoms with Crippen LogP contribution in [0, 0.1) is 0 Å². The van der Waals surface area contributed by atoms with E-state index in [0.717, 1.165) is 30.1 Å². The summed E-state index contributed by atoms with van der Waals surface area (Å²) in [5, 5.41) is 0. The standard InChI is InChI=1S/C21H22F2N2O3/c1-27-18-9-5-17(6-10-18)24-12-14-25(15-13-24)20(26)11-4-16-2-7-19(8-3-16)28-21(22)23/h2-11,21H,12-15H2,1H3/b11-4+. The molecule has 28 heavy (non-hydrogen) atoms. The molecule has 2 aromatic rings. The molecule has 1 heterocycles. The van der Waals surface area contributed by atoms with Crippen molar-refractivity contribution in [3.8, 4) is 11.5 Å². The number of piperazine rings is 1. The monoisotopic (exact) mass is 388 g/mol. The molecule has 148 valence electrons. The molecule has 7 heteroatoms. The van der Waals surface area contributed by atoms with Crippen molar-refractivity contribution in [2.75, 3.05) is 38.2 Å². The molecular weight excluding hydrogens is 366 g/mol. The Hall–Kier alpha value is -3.09. The van der Waals surface area contributed by atoms with Gasteiger partial charge in [-0.05, 0) is 48.0 Å². The van der Waals surface area contributed by atoms with Crippen LogP contribution in [0.5, 0.6) is 11.5 Å². The Balaban J connectivity index is 1.51. The van der Waals surface area contributed by atoms with Gasteiger partial charge >= 0.3 is 6.61 Å². The fourth-order valence-corrected chi connectivity index (χ4v) is 3.01. The van der Waals surface area contributed by atoms with E-state index >= 15 is 0 Å². The van der Waals surface area contributed by atoms with Crippen molar-refractivity contribution in [3.05, 3.63) is 60.2 Å². The maximum absolute atomic E-state index is 12.4. The molecule has 1 aliphatic rings. The van der Waals surface area contributed by atoms with Gasteiger partial charge in [-0.1, -0.05) is 12.1 Å². The van der Waals surface area contributed by atoms with Gasteiger partial charge < -0.3 is 19.3 Å². The number of carbonyl (C=O) groups excluding carboxylic acids is 1. The first-order valence-corrected chi connectivity index (χ1v) is 8.96. The molecule has 0 saturated carbocycles. The number of nitrogens with zero attached hydrogens (tertiary/aromatic N) is 2. The summed E-state index contributed by atoms with van der Waals surface area (Å²) in [5.41, 5.74) is 1.85. The lowest BCUT2D eigenvalue weighted by Crippen LogP contribution is -2.48. The van der Waals surface area contributed by atoms with Gasteiger partial charge in [0.15, 0.2) is 0 Å². The van der Waals surface area contributed by atoms with Crippen molar-refractivity contribution in [3.63, 3.8) is 0 Å². The highest BCUT2D eigenvalue weighted by Crippen LogP contribution is 2.21. The molecule has 1 saturated heterocycles. The lowest BCUT2D eigenvalue weighted by molar-refractivity contribution is -0.126. The summed E-state index contributed by atoms with van der Waals surface area (Å²) >= 11 is 0. The minimum absolute atomic E-state index is 0.0673. The van der Waals surface area contributed by atoms with Crippen LogP contribution in [0.4, 0.5) is 14.5 Å². The second-order valence-electron chi connectivity index (χ2n) is 6.29. The van der Waals surface area contributed by atoms with E-state index in [1.54, 1.807) is 30.2 Å². The third-order valence-corrected chi connectivity index (χ3v) is 4.55. The van der Waals surface area contributed by atoms with Gasteiger partial charge in [0.2, 0.25) is 5.91 Å². The van der Waals surface area contributed by atoms with Crippen molar-refractivity contribution in [2.45, 2.75) is 6.61 Å². The molecule has 0 spiro atoms. The van der Waals surface area contributed by atoms with Crippen LogP contribution in [0.15, 0.2) is 54.6 Å². The van der Waals surface area contributed by atoms with Gasteiger partial charge in [-0.2, -0.15) is 8.78 Å². The SMILES string of the molecule is COc1ccc(N2CCN(C(=O)/C=C/c3ccc(OC(F)F)cc3)CC2)cc1. The van der Waals surface area contributed by atoms with Crippen LogP contribution in [-0.2, 0) is 4.79 Å². The lowest BCUT2D eigenvalue weighted by Gasteiger charge is -2.35. The van der Waals surface area contributed by atoms with E-state index in [1.807, 2.05) is 24.3 Å². The van der Waals surface area contributed by atoms with Crippen LogP contribution in [-0.4, -0.2) is 50.7 Å².